The predicted octanol–water partition coefficient (Wildman–Crippen LogP) is 3.28. The average Bonchev–Trinajstić information content (AvgIpc) is 2.37. The van der Waals surface area contributed by atoms with Crippen LogP contribution >= 0.6 is 0 Å². The summed E-state index contributed by atoms with van der Waals surface area (Å²) in [5, 5.41) is 3.32. The lowest BCUT2D eigenvalue weighted by atomic mass is 9.86. The Morgan fingerprint density at radius 2 is 2.00 bits per heavy atom. The van der Waals surface area contributed by atoms with Crippen LogP contribution in [0.15, 0.2) is 35.9 Å². The summed E-state index contributed by atoms with van der Waals surface area (Å²) in [4.78, 5) is 0. The monoisotopic (exact) mass is 245 g/mol. The first-order chi connectivity index (χ1) is 8.57. The van der Waals surface area contributed by atoms with E-state index in [-0.39, 0.29) is 5.41 Å². The van der Waals surface area contributed by atoms with Gasteiger partial charge in [-0.25, -0.2) is 0 Å². The second kappa shape index (κ2) is 5.57. The van der Waals surface area contributed by atoms with Gasteiger partial charge in [0.05, 0.1) is 0 Å². The summed E-state index contributed by atoms with van der Waals surface area (Å²) in [5.41, 5.74) is 2.80. The third-order valence-electron chi connectivity index (χ3n) is 3.27. The van der Waals surface area contributed by atoms with E-state index in [0.29, 0.717) is 0 Å². The molecule has 0 spiro atoms. The lowest BCUT2D eigenvalue weighted by Crippen LogP contribution is -2.23. The van der Waals surface area contributed by atoms with Crippen LogP contribution in [0.2, 0.25) is 0 Å². The first-order valence-corrected chi connectivity index (χ1v) is 6.68. The number of ether oxygens (including phenoxy) is 1. The van der Waals surface area contributed by atoms with E-state index in [1.165, 1.54) is 11.1 Å². The van der Waals surface area contributed by atoms with E-state index in [4.69, 9.17) is 4.74 Å². The third kappa shape index (κ3) is 3.36. The number of hydrogen-bond donors (Lipinski definition) is 1. The number of para-hydroxylation sites is 1. The van der Waals surface area contributed by atoms with Crippen LogP contribution in [0.5, 0.6) is 5.75 Å². The van der Waals surface area contributed by atoms with Gasteiger partial charge in [0.15, 0.2) is 0 Å². The van der Waals surface area contributed by atoms with E-state index in [1.807, 2.05) is 6.07 Å². The minimum Gasteiger partial charge on any atom is -0.489 e. The molecule has 1 aliphatic heterocycles. The first-order valence-electron chi connectivity index (χ1n) is 6.68. The zero-order valence-electron chi connectivity index (χ0n) is 11.6. The minimum absolute atomic E-state index is 0.124. The number of nitrogens with one attached hydrogen (secondary N) is 1. The average molecular weight is 245 g/mol. The molecule has 1 aromatic carbocycles. The van der Waals surface area contributed by atoms with Crippen molar-refractivity contribution in [3.63, 3.8) is 0 Å². The molecular formula is C16H23NO. The Hall–Kier alpha value is -1.28. The predicted molar refractivity (Wildman–Crippen MR) is 76.2 cm³/mol. The number of rotatable bonds is 3. The second-order valence-electron chi connectivity index (χ2n) is 5.85. The smallest absolute Gasteiger partial charge is 0.123 e. The van der Waals surface area contributed by atoms with Gasteiger partial charge in [0.25, 0.3) is 0 Å². The molecule has 0 unspecified atom stereocenters. The van der Waals surface area contributed by atoms with Gasteiger partial charge in [-0.3, -0.25) is 0 Å². The fraction of sp³-hybridized carbons (Fsp3) is 0.500. The van der Waals surface area contributed by atoms with Crippen molar-refractivity contribution >= 4 is 0 Å². The molecule has 0 atom stereocenters. The van der Waals surface area contributed by atoms with Gasteiger partial charge in [-0.2, -0.15) is 0 Å². The van der Waals surface area contributed by atoms with E-state index >= 15 is 0 Å². The van der Waals surface area contributed by atoms with Crippen molar-refractivity contribution < 1.29 is 4.74 Å². The van der Waals surface area contributed by atoms with Crippen molar-refractivity contribution in [3.8, 4) is 5.75 Å². The molecule has 98 valence electrons. The summed E-state index contributed by atoms with van der Waals surface area (Å²) in [6.45, 7) is 9.42. The Balaban J connectivity index is 2.07. The van der Waals surface area contributed by atoms with Crippen LogP contribution < -0.4 is 10.1 Å². The Morgan fingerprint density at radius 1 is 1.22 bits per heavy atom. The highest BCUT2D eigenvalue weighted by atomic mass is 16.5. The highest BCUT2D eigenvalue weighted by molar-refractivity contribution is 5.38. The van der Waals surface area contributed by atoms with Gasteiger partial charge in [-0.05, 0) is 35.6 Å². The summed E-state index contributed by atoms with van der Waals surface area (Å²) in [6, 6.07) is 8.35. The first kappa shape index (κ1) is 13.2. The van der Waals surface area contributed by atoms with Crippen molar-refractivity contribution in [2.45, 2.75) is 32.6 Å². The van der Waals surface area contributed by atoms with Crippen LogP contribution in [0.1, 0.15) is 32.8 Å². The van der Waals surface area contributed by atoms with Crippen molar-refractivity contribution in [1.82, 2.24) is 5.32 Å². The van der Waals surface area contributed by atoms with Gasteiger partial charge in [0.2, 0.25) is 0 Å². The van der Waals surface area contributed by atoms with Gasteiger partial charge < -0.3 is 10.1 Å². The summed E-state index contributed by atoms with van der Waals surface area (Å²) in [7, 11) is 0. The third-order valence-corrected chi connectivity index (χ3v) is 3.27. The lowest BCUT2D eigenvalue weighted by molar-refractivity contribution is 0.334. The van der Waals surface area contributed by atoms with E-state index in [9.17, 15) is 0 Å². The van der Waals surface area contributed by atoms with Crippen LogP contribution in [0, 0.1) is 0 Å². The fourth-order valence-corrected chi connectivity index (χ4v) is 2.18. The van der Waals surface area contributed by atoms with Crippen molar-refractivity contribution in [1.29, 1.82) is 0 Å². The summed E-state index contributed by atoms with van der Waals surface area (Å²) < 4.78 is 6.01. The van der Waals surface area contributed by atoms with E-state index in [2.05, 4.69) is 50.4 Å². The fourth-order valence-electron chi connectivity index (χ4n) is 2.18. The molecule has 2 nitrogen and oxygen atoms in total. The molecule has 2 rings (SSSR count). The van der Waals surface area contributed by atoms with E-state index in [1.54, 1.807) is 0 Å². The minimum atomic E-state index is 0.124. The van der Waals surface area contributed by atoms with Crippen molar-refractivity contribution in [2.75, 3.05) is 19.7 Å². The molecule has 0 amide bonds. The Bertz CT molecular complexity index is 429. The molecule has 1 aliphatic rings. The molecule has 1 heterocycles. The van der Waals surface area contributed by atoms with Crippen LogP contribution in [-0.2, 0) is 5.41 Å². The van der Waals surface area contributed by atoms with E-state index in [0.717, 1.165) is 31.9 Å². The molecule has 0 aromatic heterocycles. The Morgan fingerprint density at radius 3 is 2.67 bits per heavy atom. The largest absolute Gasteiger partial charge is 0.489 e. The van der Waals surface area contributed by atoms with Crippen LogP contribution in [0.3, 0.4) is 0 Å². The molecule has 0 fully saturated rings. The van der Waals surface area contributed by atoms with E-state index < -0.39 is 0 Å². The molecule has 0 bridgehead atoms. The summed E-state index contributed by atoms with van der Waals surface area (Å²) in [5.74, 6) is 1.02. The molecule has 2 heteroatoms. The molecule has 0 aliphatic carbocycles. The van der Waals surface area contributed by atoms with Gasteiger partial charge in [-0.1, -0.05) is 45.0 Å². The zero-order chi connectivity index (χ0) is 13.0. The second-order valence-corrected chi connectivity index (χ2v) is 5.85. The van der Waals surface area contributed by atoms with Gasteiger partial charge in [-0.15, -0.1) is 0 Å². The summed E-state index contributed by atoms with van der Waals surface area (Å²) >= 11 is 0. The quantitative estimate of drug-likeness (QED) is 0.825. The SMILES string of the molecule is CC(C)(C)c1ccccc1OCC1=CCNCC1. The van der Waals surface area contributed by atoms with Gasteiger partial charge >= 0.3 is 0 Å². The highest BCUT2D eigenvalue weighted by Gasteiger charge is 2.18. The topological polar surface area (TPSA) is 21.3 Å². The molecule has 1 N–H and O–H groups in total. The summed E-state index contributed by atoms with van der Waals surface area (Å²) in [6.07, 6.45) is 3.33. The molecular weight excluding hydrogens is 222 g/mol. The normalized spacial score (nSPS) is 16.3. The zero-order valence-corrected chi connectivity index (χ0v) is 11.6. The van der Waals surface area contributed by atoms with Gasteiger partial charge in [0.1, 0.15) is 12.4 Å². The lowest BCUT2D eigenvalue weighted by Gasteiger charge is -2.23. The van der Waals surface area contributed by atoms with Crippen molar-refractivity contribution in [3.05, 3.63) is 41.5 Å². The van der Waals surface area contributed by atoms with Crippen LogP contribution in [0.25, 0.3) is 0 Å². The molecule has 0 saturated carbocycles. The van der Waals surface area contributed by atoms with Gasteiger partial charge in [0, 0.05) is 6.54 Å². The maximum atomic E-state index is 6.01. The molecule has 0 saturated heterocycles. The van der Waals surface area contributed by atoms with Crippen LogP contribution in [0.4, 0.5) is 0 Å². The number of benzene rings is 1. The van der Waals surface area contributed by atoms with Crippen LogP contribution in [-0.4, -0.2) is 19.7 Å². The maximum absolute atomic E-state index is 6.01. The molecule has 0 radical (unpaired) electrons. The number of hydrogen-bond acceptors (Lipinski definition) is 2. The molecule has 18 heavy (non-hydrogen) atoms. The highest BCUT2D eigenvalue weighted by Crippen LogP contribution is 2.31. The Kier molecular flexibility index (Phi) is 4.07. The Labute approximate surface area is 110 Å². The molecule has 1 aromatic rings. The van der Waals surface area contributed by atoms with Crippen molar-refractivity contribution in [2.24, 2.45) is 0 Å². The maximum Gasteiger partial charge on any atom is 0.123 e. The standard InChI is InChI=1S/C16H23NO/c1-16(2,3)14-6-4-5-7-15(14)18-12-13-8-10-17-11-9-13/h4-8,17H,9-12H2,1-3H3.